The van der Waals surface area contributed by atoms with E-state index in [0.717, 1.165) is 12.4 Å². The maximum atomic E-state index is 10.0. The number of nitrogens with two attached hydrogens (primary N) is 1. The second-order valence-electron chi connectivity index (χ2n) is 3.82. The lowest BCUT2D eigenvalue weighted by Crippen LogP contribution is -2.12. The van der Waals surface area contributed by atoms with Gasteiger partial charge in [0.1, 0.15) is 12.4 Å². The molecule has 0 atom stereocenters. The summed E-state index contributed by atoms with van der Waals surface area (Å²) >= 11 is 0. The number of carbonyl (C=O) groups excluding carboxylic acids is 1. The Balaban J connectivity index is 0.000000360. The normalized spacial score (nSPS) is 9.82. The third-order valence-corrected chi connectivity index (χ3v) is 2.84. The second-order valence-corrected chi connectivity index (χ2v) is 5.39. The molecule has 22 heavy (non-hydrogen) atoms. The molecular weight excluding hydrogens is 308 g/mol. The Morgan fingerprint density at radius 2 is 1.82 bits per heavy atom. The summed E-state index contributed by atoms with van der Waals surface area (Å²) in [6.07, 6.45) is 1.81. The van der Waals surface area contributed by atoms with Gasteiger partial charge in [0, 0.05) is 18.5 Å². The van der Waals surface area contributed by atoms with Gasteiger partial charge in [-0.2, -0.15) is 8.42 Å². The van der Waals surface area contributed by atoms with E-state index in [0.29, 0.717) is 0 Å². The van der Waals surface area contributed by atoms with Crippen molar-refractivity contribution in [2.45, 2.75) is 6.92 Å². The van der Waals surface area contributed by atoms with Gasteiger partial charge in [-0.25, -0.2) is 0 Å². The summed E-state index contributed by atoms with van der Waals surface area (Å²) in [4.78, 5) is 14.2. The molecule has 8 heteroatoms. The predicted molar refractivity (Wildman–Crippen MR) is 84.9 cm³/mol. The topological polar surface area (TPSA) is 120 Å². The number of esters is 1. The molecule has 0 saturated heterocycles. The Morgan fingerprint density at radius 1 is 1.23 bits per heavy atom. The molecule has 1 aromatic heterocycles. The number of benzene rings is 1. The first-order valence-corrected chi connectivity index (χ1v) is 7.95. The summed E-state index contributed by atoms with van der Waals surface area (Å²) in [5.74, 6) is -1.12. The third-order valence-electron chi connectivity index (χ3n) is 2.16. The molecular formula is C14H20N2O5S. The van der Waals surface area contributed by atoms with E-state index in [1.807, 2.05) is 30.5 Å². The Kier molecular flexibility index (Phi) is 9.68. The number of nitrogens with zero attached hydrogens (tertiary/aromatic N) is 1. The minimum absolute atomic E-state index is 0.297. The summed E-state index contributed by atoms with van der Waals surface area (Å²) in [6.45, 7) is 0.859. The van der Waals surface area contributed by atoms with Crippen LogP contribution in [0, 0.1) is 0 Å². The van der Waals surface area contributed by atoms with Gasteiger partial charge in [0.05, 0.1) is 5.52 Å². The fourth-order valence-electron chi connectivity index (χ4n) is 1.31. The zero-order valence-corrected chi connectivity index (χ0v) is 13.3. The molecule has 2 rings (SSSR count). The van der Waals surface area contributed by atoms with Crippen molar-refractivity contribution in [1.82, 2.24) is 4.98 Å². The SMILES string of the molecule is CC(=O)OCCS(=O)(=O)O.CN.c1ccc2ncccc2c1. The van der Waals surface area contributed by atoms with Crippen molar-refractivity contribution in [3.05, 3.63) is 42.6 Å². The number of fused-ring (bicyclic) bond motifs is 1. The molecule has 0 aliphatic rings. The lowest BCUT2D eigenvalue weighted by Gasteiger charge is -1.97. The van der Waals surface area contributed by atoms with E-state index in [1.165, 1.54) is 12.4 Å². The maximum Gasteiger partial charge on any atom is 0.302 e. The molecule has 0 saturated carbocycles. The minimum Gasteiger partial charge on any atom is -0.465 e. The van der Waals surface area contributed by atoms with Crippen LogP contribution >= 0.6 is 0 Å². The molecule has 3 N–H and O–H groups in total. The molecule has 0 unspecified atom stereocenters. The number of para-hydroxylation sites is 1. The highest BCUT2D eigenvalue weighted by atomic mass is 32.2. The number of ether oxygens (including phenoxy) is 1. The van der Waals surface area contributed by atoms with Crippen LogP contribution in [0.2, 0.25) is 0 Å². The molecule has 1 heterocycles. The van der Waals surface area contributed by atoms with Crippen LogP contribution in [0.5, 0.6) is 0 Å². The van der Waals surface area contributed by atoms with Crippen LogP contribution < -0.4 is 5.73 Å². The van der Waals surface area contributed by atoms with Crippen LogP contribution in [-0.4, -0.2) is 43.3 Å². The van der Waals surface area contributed by atoms with E-state index in [9.17, 15) is 13.2 Å². The van der Waals surface area contributed by atoms with E-state index in [4.69, 9.17) is 4.55 Å². The van der Waals surface area contributed by atoms with Crippen molar-refractivity contribution in [1.29, 1.82) is 0 Å². The van der Waals surface area contributed by atoms with Gasteiger partial charge in [-0.05, 0) is 19.2 Å². The lowest BCUT2D eigenvalue weighted by atomic mass is 10.2. The molecule has 0 spiro atoms. The van der Waals surface area contributed by atoms with E-state index in [-0.39, 0.29) is 6.61 Å². The Bertz CT molecular complexity index is 608. The standard InChI is InChI=1S/C9H7N.C4H8O5S.CH5N/c1-2-6-9-8(4-1)5-3-7-10-9;1-4(5)9-2-3-10(6,7)8;1-2/h1-7H;2-3H2,1H3,(H,6,7,8);2H2,1H3. The van der Waals surface area contributed by atoms with Crippen molar-refractivity contribution in [3.63, 3.8) is 0 Å². The zero-order chi connectivity index (χ0) is 17.0. The second kappa shape index (κ2) is 10.7. The summed E-state index contributed by atoms with van der Waals surface area (Å²) in [6, 6.07) is 12.1. The monoisotopic (exact) mass is 328 g/mol. The van der Waals surface area contributed by atoms with Crippen molar-refractivity contribution in [2.75, 3.05) is 19.4 Å². The zero-order valence-electron chi connectivity index (χ0n) is 12.5. The average Bonchev–Trinajstić information content (AvgIpc) is 2.48. The Hall–Kier alpha value is -2.03. The quantitative estimate of drug-likeness (QED) is 0.642. The van der Waals surface area contributed by atoms with Crippen LogP contribution in [0.15, 0.2) is 42.6 Å². The molecule has 1 aromatic carbocycles. The van der Waals surface area contributed by atoms with Crippen LogP contribution in [-0.2, 0) is 19.6 Å². The summed E-state index contributed by atoms with van der Waals surface area (Å²) < 4.78 is 32.3. The molecule has 0 bridgehead atoms. The number of carbonyl (C=O) groups is 1. The summed E-state index contributed by atoms with van der Waals surface area (Å²) in [5.41, 5.74) is 5.56. The smallest absolute Gasteiger partial charge is 0.302 e. The van der Waals surface area contributed by atoms with Crippen LogP contribution in [0.3, 0.4) is 0 Å². The molecule has 0 fully saturated rings. The average molecular weight is 328 g/mol. The van der Waals surface area contributed by atoms with Gasteiger partial charge in [-0.3, -0.25) is 14.3 Å². The van der Waals surface area contributed by atoms with Crippen LogP contribution in [0.25, 0.3) is 10.9 Å². The highest BCUT2D eigenvalue weighted by molar-refractivity contribution is 7.85. The fourth-order valence-corrected chi connectivity index (χ4v) is 1.60. The van der Waals surface area contributed by atoms with Crippen LogP contribution in [0.1, 0.15) is 6.92 Å². The molecule has 7 nitrogen and oxygen atoms in total. The summed E-state index contributed by atoms with van der Waals surface area (Å²) in [5, 5.41) is 1.20. The first-order valence-electron chi connectivity index (χ1n) is 6.34. The van der Waals surface area contributed by atoms with Crippen molar-refractivity contribution < 1.29 is 22.5 Å². The van der Waals surface area contributed by atoms with Gasteiger partial charge in [0.25, 0.3) is 10.1 Å². The minimum atomic E-state index is -4.00. The van der Waals surface area contributed by atoms with Crippen molar-refractivity contribution in [2.24, 2.45) is 5.73 Å². The highest BCUT2D eigenvalue weighted by Gasteiger charge is 2.04. The number of pyridine rings is 1. The van der Waals surface area contributed by atoms with Crippen molar-refractivity contribution in [3.8, 4) is 0 Å². The van der Waals surface area contributed by atoms with Gasteiger partial charge in [0.15, 0.2) is 0 Å². The highest BCUT2D eigenvalue weighted by Crippen LogP contribution is 2.07. The largest absolute Gasteiger partial charge is 0.465 e. The summed E-state index contributed by atoms with van der Waals surface area (Å²) in [7, 11) is -2.50. The van der Waals surface area contributed by atoms with E-state index in [1.54, 1.807) is 0 Å². The predicted octanol–water partition coefficient (Wildman–Crippen LogP) is 1.25. The molecule has 122 valence electrons. The molecule has 0 aliphatic heterocycles. The van der Waals surface area contributed by atoms with E-state index < -0.39 is 21.8 Å². The number of hydrogen-bond donors (Lipinski definition) is 2. The molecule has 2 aromatic rings. The van der Waals surface area contributed by atoms with Gasteiger partial charge < -0.3 is 10.5 Å². The lowest BCUT2D eigenvalue weighted by molar-refractivity contribution is -0.140. The third kappa shape index (κ3) is 9.81. The Morgan fingerprint density at radius 3 is 2.36 bits per heavy atom. The maximum absolute atomic E-state index is 10.0. The first-order chi connectivity index (χ1) is 10.4. The number of rotatable bonds is 3. The first kappa shape index (κ1) is 20.0. The molecule has 0 radical (unpaired) electrons. The fraction of sp³-hybridized carbons (Fsp3) is 0.286. The van der Waals surface area contributed by atoms with Gasteiger partial charge >= 0.3 is 5.97 Å². The van der Waals surface area contributed by atoms with Crippen molar-refractivity contribution >= 4 is 27.0 Å². The number of aromatic nitrogens is 1. The molecule has 0 amide bonds. The molecule has 0 aliphatic carbocycles. The van der Waals surface area contributed by atoms with Gasteiger partial charge in [0.2, 0.25) is 0 Å². The van der Waals surface area contributed by atoms with E-state index in [2.05, 4.69) is 27.6 Å². The van der Waals surface area contributed by atoms with Gasteiger partial charge in [-0.1, -0.05) is 24.3 Å². The number of hydrogen-bond acceptors (Lipinski definition) is 6. The van der Waals surface area contributed by atoms with Gasteiger partial charge in [-0.15, -0.1) is 0 Å². The van der Waals surface area contributed by atoms with Crippen LogP contribution in [0.4, 0.5) is 0 Å². The van der Waals surface area contributed by atoms with E-state index >= 15 is 0 Å². The Labute approximate surface area is 129 Å².